The highest BCUT2D eigenvalue weighted by molar-refractivity contribution is 5.83. The van der Waals surface area contributed by atoms with E-state index < -0.39 is 17.7 Å². The Labute approximate surface area is 199 Å². The minimum absolute atomic E-state index is 0.0900. The highest BCUT2D eigenvalue weighted by atomic mass is 19.2. The maximum absolute atomic E-state index is 14.7. The lowest BCUT2D eigenvalue weighted by Gasteiger charge is -2.41. The van der Waals surface area contributed by atoms with Crippen LogP contribution in [-0.4, -0.2) is 34.2 Å². The zero-order valence-electron chi connectivity index (χ0n) is 20.2. The van der Waals surface area contributed by atoms with Crippen molar-refractivity contribution >= 4 is 5.91 Å². The first-order valence-electron chi connectivity index (χ1n) is 11.9. The fourth-order valence-corrected chi connectivity index (χ4v) is 5.21. The monoisotopic (exact) mass is 466 g/mol. The van der Waals surface area contributed by atoms with E-state index in [1.807, 2.05) is 41.9 Å². The second-order valence-corrected chi connectivity index (χ2v) is 8.90. The van der Waals surface area contributed by atoms with Crippen LogP contribution in [0.15, 0.2) is 42.5 Å². The summed E-state index contributed by atoms with van der Waals surface area (Å²) in [6.07, 6.45) is 1.67. The predicted molar refractivity (Wildman–Crippen MR) is 128 cm³/mol. The van der Waals surface area contributed by atoms with Crippen molar-refractivity contribution in [2.75, 3.05) is 13.6 Å². The molecule has 1 aromatic heterocycles. The van der Waals surface area contributed by atoms with E-state index >= 15 is 0 Å². The summed E-state index contributed by atoms with van der Waals surface area (Å²) in [5.74, 6) is -1.66. The van der Waals surface area contributed by atoms with Crippen molar-refractivity contribution in [2.24, 2.45) is 0 Å². The van der Waals surface area contributed by atoms with Crippen LogP contribution in [0, 0.1) is 25.5 Å². The molecule has 2 aromatic carbocycles. The summed E-state index contributed by atoms with van der Waals surface area (Å²) >= 11 is 0. The summed E-state index contributed by atoms with van der Waals surface area (Å²) in [6.45, 7) is 7.05. The Morgan fingerprint density at radius 2 is 1.88 bits per heavy atom. The normalized spacial score (nSPS) is 16.8. The predicted octanol–water partition coefficient (Wildman–Crippen LogP) is 4.82. The average molecular weight is 467 g/mol. The number of fused-ring (bicyclic) bond motifs is 1. The minimum atomic E-state index is -0.791. The molecule has 2 unspecified atom stereocenters. The van der Waals surface area contributed by atoms with E-state index in [1.165, 1.54) is 5.69 Å². The highest BCUT2D eigenvalue weighted by Crippen LogP contribution is 2.41. The molecular weight excluding hydrogens is 434 g/mol. The first-order chi connectivity index (χ1) is 16.4. The molecule has 0 saturated carbocycles. The molecule has 0 radical (unpaired) electrons. The fourth-order valence-electron chi connectivity index (χ4n) is 5.21. The van der Waals surface area contributed by atoms with Gasteiger partial charge in [0.15, 0.2) is 11.6 Å². The molecule has 7 heteroatoms. The molecular formula is C27H32F2N4O. The lowest BCUT2D eigenvalue weighted by molar-refractivity contribution is -0.127. The van der Waals surface area contributed by atoms with Crippen LogP contribution < -0.4 is 5.32 Å². The standard InChI is InChI=1S/C27H32F2N4O/c1-5-33-22-15-16-32(26(27(34)30-4)20-9-7-6-8-10-20)21(23(22)18(3)31-33)14-13-19-12-11-17(2)24(28)25(19)29/h6-12,21,26H,5,13-16H2,1-4H3,(H,30,34). The summed E-state index contributed by atoms with van der Waals surface area (Å²) in [6, 6.07) is 12.4. The largest absolute Gasteiger partial charge is 0.358 e. The van der Waals surface area contributed by atoms with Crippen molar-refractivity contribution in [2.45, 2.75) is 58.7 Å². The van der Waals surface area contributed by atoms with Crippen LogP contribution in [0.3, 0.4) is 0 Å². The van der Waals surface area contributed by atoms with E-state index in [-0.39, 0.29) is 11.9 Å². The van der Waals surface area contributed by atoms with Crippen LogP contribution in [0.4, 0.5) is 8.78 Å². The molecule has 0 spiro atoms. The van der Waals surface area contributed by atoms with Gasteiger partial charge in [-0.25, -0.2) is 8.78 Å². The van der Waals surface area contributed by atoms with E-state index in [1.54, 1.807) is 26.1 Å². The van der Waals surface area contributed by atoms with Gasteiger partial charge in [-0.3, -0.25) is 14.4 Å². The molecule has 180 valence electrons. The van der Waals surface area contributed by atoms with Crippen molar-refractivity contribution in [1.82, 2.24) is 20.0 Å². The Kier molecular flexibility index (Phi) is 7.12. The average Bonchev–Trinajstić information content (AvgIpc) is 3.19. The summed E-state index contributed by atoms with van der Waals surface area (Å²) in [5, 5.41) is 7.57. The van der Waals surface area contributed by atoms with Gasteiger partial charge in [0.25, 0.3) is 0 Å². The Morgan fingerprint density at radius 1 is 1.15 bits per heavy atom. The van der Waals surface area contributed by atoms with Gasteiger partial charge in [0, 0.05) is 43.9 Å². The van der Waals surface area contributed by atoms with Crippen LogP contribution in [0.1, 0.15) is 59.1 Å². The van der Waals surface area contributed by atoms with Crippen molar-refractivity contribution in [1.29, 1.82) is 0 Å². The fraction of sp³-hybridized carbons (Fsp3) is 0.407. The van der Waals surface area contributed by atoms with Crippen molar-refractivity contribution in [3.63, 3.8) is 0 Å². The van der Waals surface area contributed by atoms with Gasteiger partial charge in [-0.05, 0) is 50.3 Å². The molecule has 3 aromatic rings. The van der Waals surface area contributed by atoms with Gasteiger partial charge in [-0.2, -0.15) is 5.10 Å². The van der Waals surface area contributed by atoms with Gasteiger partial charge in [0.05, 0.1) is 5.69 Å². The molecule has 0 fully saturated rings. The number of likely N-dealkylation sites (N-methyl/N-ethyl adjacent to an activating group) is 1. The molecule has 0 bridgehead atoms. The van der Waals surface area contributed by atoms with Gasteiger partial charge in [0.2, 0.25) is 5.91 Å². The Hall–Kier alpha value is -3.06. The molecule has 2 heterocycles. The smallest absolute Gasteiger partial charge is 0.241 e. The third-order valence-corrected chi connectivity index (χ3v) is 6.91. The number of amides is 1. The molecule has 2 atom stereocenters. The van der Waals surface area contributed by atoms with Crippen LogP contribution in [0.25, 0.3) is 0 Å². The minimum Gasteiger partial charge on any atom is -0.358 e. The van der Waals surface area contributed by atoms with E-state index in [0.29, 0.717) is 30.5 Å². The highest BCUT2D eigenvalue weighted by Gasteiger charge is 2.39. The summed E-state index contributed by atoms with van der Waals surface area (Å²) in [5.41, 5.74) is 4.75. The molecule has 0 saturated heterocycles. The number of nitrogens with zero attached hydrogens (tertiary/aromatic N) is 3. The van der Waals surface area contributed by atoms with Crippen molar-refractivity contribution in [3.8, 4) is 0 Å². The number of carbonyl (C=O) groups is 1. The quantitative estimate of drug-likeness (QED) is 0.543. The Balaban J connectivity index is 1.76. The van der Waals surface area contributed by atoms with Gasteiger partial charge in [0.1, 0.15) is 6.04 Å². The number of carbonyl (C=O) groups excluding carboxylic acids is 1. The Morgan fingerprint density at radius 3 is 2.56 bits per heavy atom. The van der Waals surface area contributed by atoms with Crippen molar-refractivity contribution < 1.29 is 13.6 Å². The molecule has 4 rings (SSSR count). The number of aryl methyl sites for hydroxylation is 4. The van der Waals surface area contributed by atoms with E-state index in [2.05, 4.69) is 17.1 Å². The molecule has 5 nitrogen and oxygen atoms in total. The SMILES string of the molecule is CCn1nc(C)c2c1CCN(C(C(=O)NC)c1ccccc1)C2CCc1ccc(C)c(F)c1F. The zero-order valence-corrected chi connectivity index (χ0v) is 20.2. The summed E-state index contributed by atoms with van der Waals surface area (Å²) < 4.78 is 30.9. The van der Waals surface area contributed by atoms with Gasteiger partial charge >= 0.3 is 0 Å². The second kappa shape index (κ2) is 10.1. The summed E-state index contributed by atoms with van der Waals surface area (Å²) in [4.78, 5) is 15.3. The topological polar surface area (TPSA) is 50.2 Å². The van der Waals surface area contributed by atoms with Crippen LogP contribution in [-0.2, 0) is 24.2 Å². The maximum Gasteiger partial charge on any atom is 0.241 e. The number of aromatic nitrogens is 2. The van der Waals surface area contributed by atoms with E-state index in [4.69, 9.17) is 5.10 Å². The number of nitrogens with one attached hydrogen (secondary N) is 1. The molecule has 1 amide bonds. The maximum atomic E-state index is 14.7. The van der Waals surface area contributed by atoms with Gasteiger partial charge in [-0.15, -0.1) is 0 Å². The third-order valence-electron chi connectivity index (χ3n) is 6.91. The van der Waals surface area contributed by atoms with E-state index in [0.717, 1.165) is 29.8 Å². The lowest BCUT2D eigenvalue weighted by Crippen LogP contribution is -2.45. The van der Waals surface area contributed by atoms with Crippen LogP contribution in [0.5, 0.6) is 0 Å². The van der Waals surface area contributed by atoms with Crippen LogP contribution >= 0.6 is 0 Å². The second-order valence-electron chi connectivity index (χ2n) is 8.90. The number of benzene rings is 2. The number of halogens is 2. The molecule has 34 heavy (non-hydrogen) atoms. The number of rotatable bonds is 7. The first-order valence-corrected chi connectivity index (χ1v) is 11.9. The molecule has 1 N–H and O–H groups in total. The lowest BCUT2D eigenvalue weighted by atomic mass is 9.88. The molecule has 0 aliphatic carbocycles. The number of hydrogen-bond donors (Lipinski definition) is 1. The third kappa shape index (κ3) is 4.37. The number of hydrogen-bond acceptors (Lipinski definition) is 3. The Bertz CT molecular complexity index is 1180. The summed E-state index contributed by atoms with van der Waals surface area (Å²) in [7, 11) is 1.65. The van der Waals surface area contributed by atoms with Gasteiger partial charge in [-0.1, -0.05) is 42.5 Å². The zero-order chi connectivity index (χ0) is 24.4. The van der Waals surface area contributed by atoms with Gasteiger partial charge < -0.3 is 5.32 Å². The van der Waals surface area contributed by atoms with Crippen molar-refractivity contribution in [3.05, 3.63) is 87.7 Å². The van der Waals surface area contributed by atoms with Crippen LogP contribution in [0.2, 0.25) is 0 Å². The molecule has 1 aliphatic heterocycles. The first kappa shape index (κ1) is 24.1. The van der Waals surface area contributed by atoms with E-state index in [9.17, 15) is 13.6 Å². The molecule has 1 aliphatic rings.